The molecule has 2 aromatic heterocycles. The van der Waals surface area contributed by atoms with Crippen molar-refractivity contribution < 1.29 is 4.79 Å². The molecule has 0 bridgehead atoms. The summed E-state index contributed by atoms with van der Waals surface area (Å²) in [5.74, 6) is 2.00. The van der Waals surface area contributed by atoms with Gasteiger partial charge in [0.15, 0.2) is 11.5 Å². The van der Waals surface area contributed by atoms with Crippen molar-refractivity contribution in [1.29, 1.82) is 0 Å². The Morgan fingerprint density at radius 1 is 1.21 bits per heavy atom. The summed E-state index contributed by atoms with van der Waals surface area (Å²) in [6.07, 6.45) is 1.90. The van der Waals surface area contributed by atoms with E-state index < -0.39 is 0 Å². The van der Waals surface area contributed by atoms with Crippen molar-refractivity contribution in [3.63, 3.8) is 0 Å². The van der Waals surface area contributed by atoms with Crippen LogP contribution in [0.25, 0.3) is 5.65 Å². The summed E-state index contributed by atoms with van der Waals surface area (Å²) < 4.78 is 1.89. The average molecular weight is 340 g/mol. The number of thioether (sulfide) groups is 1. The number of pyridine rings is 1. The van der Waals surface area contributed by atoms with E-state index in [4.69, 9.17) is 0 Å². The van der Waals surface area contributed by atoms with E-state index in [0.29, 0.717) is 5.75 Å². The third-order valence-electron chi connectivity index (χ3n) is 3.73. The first-order valence-corrected chi connectivity index (χ1v) is 9.01. The molecule has 2 heterocycles. The molecule has 0 saturated heterocycles. The first-order valence-electron chi connectivity index (χ1n) is 7.86. The highest BCUT2D eigenvalue weighted by molar-refractivity contribution is 7.99. The summed E-state index contributed by atoms with van der Waals surface area (Å²) in [5.41, 5.74) is 3.26. The van der Waals surface area contributed by atoms with Crippen LogP contribution in [0, 0.1) is 6.92 Å². The summed E-state index contributed by atoms with van der Waals surface area (Å²) >= 11 is 1.61. The molecule has 24 heavy (non-hydrogen) atoms. The van der Waals surface area contributed by atoms with Gasteiger partial charge in [0.05, 0.1) is 11.8 Å². The van der Waals surface area contributed by atoms with E-state index in [0.717, 1.165) is 17.2 Å². The number of carbonyl (C=O) groups excluding carboxylic acids is 1. The van der Waals surface area contributed by atoms with E-state index in [2.05, 4.69) is 46.7 Å². The summed E-state index contributed by atoms with van der Waals surface area (Å²) in [5, 5.41) is 11.3. The van der Waals surface area contributed by atoms with Gasteiger partial charge in [-0.05, 0) is 31.5 Å². The van der Waals surface area contributed by atoms with Gasteiger partial charge in [-0.25, -0.2) is 0 Å². The van der Waals surface area contributed by atoms with Crippen molar-refractivity contribution in [3.05, 3.63) is 65.6 Å². The smallest absolute Gasteiger partial charge is 0.230 e. The van der Waals surface area contributed by atoms with Gasteiger partial charge in [-0.2, -0.15) is 0 Å². The first-order chi connectivity index (χ1) is 11.6. The van der Waals surface area contributed by atoms with Crippen molar-refractivity contribution in [2.75, 3.05) is 5.75 Å². The van der Waals surface area contributed by atoms with E-state index >= 15 is 0 Å². The molecule has 6 heteroatoms. The highest BCUT2D eigenvalue weighted by Crippen LogP contribution is 2.15. The standard InChI is InChI=1S/C18H20N4OS/c1-13-6-8-15(9-7-13)11-24-12-17(23)19-14(2)18-21-20-16-5-3-4-10-22(16)18/h3-10,14H,11-12H2,1-2H3,(H,19,23). The van der Waals surface area contributed by atoms with Gasteiger partial charge in [0.2, 0.25) is 5.91 Å². The van der Waals surface area contributed by atoms with Crippen LogP contribution in [0.2, 0.25) is 0 Å². The maximum Gasteiger partial charge on any atom is 0.230 e. The normalized spacial score (nSPS) is 12.2. The number of hydrogen-bond donors (Lipinski definition) is 1. The summed E-state index contributed by atoms with van der Waals surface area (Å²) in [4.78, 5) is 12.1. The highest BCUT2D eigenvalue weighted by atomic mass is 32.2. The Morgan fingerprint density at radius 2 is 2.00 bits per heavy atom. The van der Waals surface area contributed by atoms with Crippen LogP contribution in [0.4, 0.5) is 0 Å². The van der Waals surface area contributed by atoms with Crippen LogP contribution >= 0.6 is 11.8 Å². The fourth-order valence-corrected chi connectivity index (χ4v) is 3.25. The number of nitrogens with zero attached hydrogens (tertiary/aromatic N) is 3. The Hall–Kier alpha value is -2.34. The Labute approximate surface area is 145 Å². The number of fused-ring (bicyclic) bond motifs is 1. The van der Waals surface area contributed by atoms with Crippen molar-refractivity contribution in [1.82, 2.24) is 19.9 Å². The minimum atomic E-state index is -0.185. The van der Waals surface area contributed by atoms with Crippen molar-refractivity contribution in [2.45, 2.75) is 25.6 Å². The minimum Gasteiger partial charge on any atom is -0.346 e. The molecule has 0 saturated carbocycles. The summed E-state index contributed by atoms with van der Waals surface area (Å²) in [7, 11) is 0. The lowest BCUT2D eigenvalue weighted by atomic mass is 10.2. The van der Waals surface area contributed by atoms with Gasteiger partial charge in [0.1, 0.15) is 0 Å². The molecule has 1 aromatic carbocycles. The van der Waals surface area contributed by atoms with Crippen molar-refractivity contribution in [3.8, 4) is 0 Å². The molecule has 3 rings (SSSR count). The Bertz CT molecular complexity index is 828. The van der Waals surface area contributed by atoms with Gasteiger partial charge in [-0.3, -0.25) is 9.20 Å². The minimum absolute atomic E-state index is 0.00675. The molecule has 1 amide bonds. The fraction of sp³-hybridized carbons (Fsp3) is 0.278. The molecular weight excluding hydrogens is 320 g/mol. The third kappa shape index (κ3) is 3.94. The number of rotatable bonds is 6. The van der Waals surface area contributed by atoms with Crippen LogP contribution in [0.5, 0.6) is 0 Å². The van der Waals surface area contributed by atoms with Gasteiger partial charge in [-0.15, -0.1) is 22.0 Å². The second-order valence-electron chi connectivity index (χ2n) is 5.75. The first kappa shape index (κ1) is 16.5. The fourth-order valence-electron chi connectivity index (χ4n) is 2.45. The summed E-state index contributed by atoms with van der Waals surface area (Å²) in [6, 6.07) is 13.9. The van der Waals surface area contributed by atoms with Gasteiger partial charge in [0, 0.05) is 11.9 Å². The third-order valence-corrected chi connectivity index (χ3v) is 4.73. The van der Waals surface area contributed by atoms with Gasteiger partial charge in [-0.1, -0.05) is 35.9 Å². The largest absolute Gasteiger partial charge is 0.346 e. The molecule has 0 spiro atoms. The number of nitrogens with one attached hydrogen (secondary N) is 1. The lowest BCUT2D eigenvalue weighted by molar-refractivity contribution is -0.119. The van der Waals surface area contributed by atoms with Gasteiger partial charge >= 0.3 is 0 Å². The van der Waals surface area contributed by atoms with Crippen LogP contribution in [0.3, 0.4) is 0 Å². The topological polar surface area (TPSA) is 59.3 Å². The van der Waals surface area contributed by atoms with Crippen LogP contribution in [0.1, 0.15) is 29.9 Å². The quantitative estimate of drug-likeness (QED) is 0.749. The predicted molar refractivity (Wildman–Crippen MR) is 96.9 cm³/mol. The van der Waals surface area contributed by atoms with E-state index in [1.54, 1.807) is 11.8 Å². The maximum atomic E-state index is 12.1. The molecule has 1 N–H and O–H groups in total. The molecule has 0 aliphatic carbocycles. The Morgan fingerprint density at radius 3 is 2.79 bits per heavy atom. The molecule has 0 aliphatic rings. The lowest BCUT2D eigenvalue weighted by Gasteiger charge is -2.12. The zero-order chi connectivity index (χ0) is 16.9. The molecular formula is C18H20N4OS. The van der Waals surface area contributed by atoms with Crippen LogP contribution in [0.15, 0.2) is 48.7 Å². The second kappa shape index (κ2) is 7.49. The number of carbonyl (C=O) groups is 1. The van der Waals surface area contributed by atoms with Crippen LogP contribution in [-0.2, 0) is 10.5 Å². The molecule has 5 nitrogen and oxygen atoms in total. The van der Waals surface area contributed by atoms with E-state index in [1.165, 1.54) is 11.1 Å². The van der Waals surface area contributed by atoms with Crippen LogP contribution in [-0.4, -0.2) is 26.3 Å². The van der Waals surface area contributed by atoms with E-state index in [-0.39, 0.29) is 11.9 Å². The Kier molecular flexibility index (Phi) is 5.15. The van der Waals surface area contributed by atoms with E-state index in [1.807, 2.05) is 35.7 Å². The monoisotopic (exact) mass is 340 g/mol. The van der Waals surface area contributed by atoms with Gasteiger partial charge < -0.3 is 5.32 Å². The number of benzene rings is 1. The average Bonchev–Trinajstić information content (AvgIpc) is 3.01. The molecule has 124 valence electrons. The maximum absolute atomic E-state index is 12.1. The number of amides is 1. The van der Waals surface area contributed by atoms with Crippen molar-refractivity contribution >= 4 is 23.3 Å². The SMILES string of the molecule is Cc1ccc(CSCC(=O)NC(C)c2nnc3ccccn23)cc1. The molecule has 0 radical (unpaired) electrons. The molecule has 0 fully saturated rings. The Balaban J connectivity index is 1.52. The number of aromatic nitrogens is 3. The molecule has 3 aromatic rings. The van der Waals surface area contributed by atoms with E-state index in [9.17, 15) is 4.79 Å². The lowest BCUT2D eigenvalue weighted by Crippen LogP contribution is -2.29. The molecule has 1 unspecified atom stereocenters. The number of aryl methyl sites for hydroxylation is 1. The summed E-state index contributed by atoms with van der Waals surface area (Å²) in [6.45, 7) is 3.99. The predicted octanol–water partition coefficient (Wildman–Crippen LogP) is 3.15. The zero-order valence-electron chi connectivity index (χ0n) is 13.8. The molecule has 0 aliphatic heterocycles. The highest BCUT2D eigenvalue weighted by Gasteiger charge is 2.15. The van der Waals surface area contributed by atoms with Gasteiger partial charge in [0.25, 0.3) is 0 Å². The second-order valence-corrected chi connectivity index (χ2v) is 6.74. The van der Waals surface area contributed by atoms with Crippen molar-refractivity contribution in [2.24, 2.45) is 0 Å². The zero-order valence-corrected chi connectivity index (χ0v) is 14.6. The number of hydrogen-bond acceptors (Lipinski definition) is 4. The molecule has 1 atom stereocenters. The van der Waals surface area contributed by atoms with Crippen LogP contribution < -0.4 is 5.32 Å².